The van der Waals surface area contributed by atoms with E-state index in [9.17, 15) is 14.0 Å². The van der Waals surface area contributed by atoms with Gasteiger partial charge in [-0.2, -0.15) is 0 Å². The molecule has 1 aliphatic rings. The highest BCUT2D eigenvalue weighted by molar-refractivity contribution is 7.18. The van der Waals surface area contributed by atoms with Crippen molar-refractivity contribution < 1.29 is 14.0 Å². The van der Waals surface area contributed by atoms with Crippen LogP contribution in [0.2, 0.25) is 0 Å². The van der Waals surface area contributed by atoms with Crippen molar-refractivity contribution in [2.45, 2.75) is 25.8 Å². The Hall–Kier alpha value is -2.25. The normalized spacial score (nSPS) is 14.9. The number of hydrogen-bond donors (Lipinski definition) is 2. The van der Waals surface area contributed by atoms with Crippen molar-refractivity contribution in [3.63, 3.8) is 0 Å². The first-order chi connectivity index (χ1) is 12.8. The molecule has 7 heteroatoms. The van der Waals surface area contributed by atoms with E-state index in [0.717, 1.165) is 24.0 Å². The van der Waals surface area contributed by atoms with E-state index >= 15 is 0 Å². The van der Waals surface area contributed by atoms with Crippen LogP contribution in [0.3, 0.4) is 0 Å². The summed E-state index contributed by atoms with van der Waals surface area (Å²) in [7, 11) is 3.78. The predicted molar refractivity (Wildman–Crippen MR) is 106 cm³/mol. The Morgan fingerprint density at radius 1 is 1.30 bits per heavy atom. The Balaban J connectivity index is 1.65. The zero-order valence-electron chi connectivity index (χ0n) is 15.7. The summed E-state index contributed by atoms with van der Waals surface area (Å²) in [5.41, 5.74) is 1.64. The van der Waals surface area contributed by atoms with Crippen molar-refractivity contribution in [1.29, 1.82) is 0 Å². The van der Waals surface area contributed by atoms with Gasteiger partial charge in [-0.15, -0.1) is 11.3 Å². The molecule has 0 unspecified atom stereocenters. The first-order valence-electron chi connectivity index (χ1n) is 8.96. The van der Waals surface area contributed by atoms with E-state index in [4.69, 9.17) is 0 Å². The van der Waals surface area contributed by atoms with Gasteiger partial charge >= 0.3 is 0 Å². The largest absolute Gasteiger partial charge is 0.349 e. The Morgan fingerprint density at radius 2 is 2.04 bits per heavy atom. The molecule has 1 aromatic heterocycles. The lowest BCUT2D eigenvalue weighted by Crippen LogP contribution is -2.34. The summed E-state index contributed by atoms with van der Waals surface area (Å²) in [6.45, 7) is 2.21. The Kier molecular flexibility index (Phi) is 5.92. The van der Waals surface area contributed by atoms with Gasteiger partial charge in [0.1, 0.15) is 5.82 Å². The number of benzene rings is 1. The number of rotatable bonds is 7. The molecule has 0 radical (unpaired) electrons. The molecule has 2 aromatic rings. The number of thiophene rings is 1. The average Bonchev–Trinajstić information content (AvgIpc) is 3.39. The second-order valence-corrected chi connectivity index (χ2v) is 8.18. The molecule has 144 valence electrons. The second-order valence-electron chi connectivity index (χ2n) is 7.13. The van der Waals surface area contributed by atoms with Gasteiger partial charge in [-0.05, 0) is 63.2 Å². The van der Waals surface area contributed by atoms with Crippen molar-refractivity contribution in [1.82, 2.24) is 10.2 Å². The number of halogens is 1. The van der Waals surface area contributed by atoms with E-state index in [0.29, 0.717) is 16.4 Å². The van der Waals surface area contributed by atoms with Crippen LogP contribution in [0.5, 0.6) is 0 Å². The van der Waals surface area contributed by atoms with Gasteiger partial charge in [-0.25, -0.2) is 4.39 Å². The van der Waals surface area contributed by atoms with Crippen molar-refractivity contribution >= 4 is 28.2 Å². The summed E-state index contributed by atoms with van der Waals surface area (Å²) in [6, 6.07) is 8.10. The summed E-state index contributed by atoms with van der Waals surface area (Å²) < 4.78 is 13.5. The number of nitrogens with one attached hydrogen (secondary N) is 2. The molecular formula is C20H24FN3O2S. The Morgan fingerprint density at radius 3 is 2.67 bits per heavy atom. The van der Waals surface area contributed by atoms with Crippen LogP contribution in [0.25, 0.3) is 0 Å². The minimum atomic E-state index is -0.296. The van der Waals surface area contributed by atoms with Crippen LogP contribution < -0.4 is 10.6 Å². The number of aryl methyl sites for hydroxylation is 1. The predicted octanol–water partition coefficient (Wildman–Crippen LogP) is 3.58. The average molecular weight is 389 g/mol. The van der Waals surface area contributed by atoms with Crippen LogP contribution in [0.15, 0.2) is 30.3 Å². The van der Waals surface area contributed by atoms with Crippen LogP contribution in [-0.2, 0) is 4.79 Å². The number of amides is 2. The number of carbonyl (C=O) groups is 2. The summed E-state index contributed by atoms with van der Waals surface area (Å²) in [5, 5.41) is 6.52. The third kappa shape index (κ3) is 4.93. The maximum absolute atomic E-state index is 13.5. The number of anilines is 1. The van der Waals surface area contributed by atoms with E-state index < -0.39 is 0 Å². The topological polar surface area (TPSA) is 61.4 Å². The van der Waals surface area contributed by atoms with Crippen LogP contribution >= 0.6 is 11.3 Å². The fraction of sp³-hybridized carbons (Fsp3) is 0.400. The number of carbonyl (C=O) groups excluding carboxylic acids is 2. The van der Waals surface area contributed by atoms with Gasteiger partial charge in [-0.1, -0.05) is 12.1 Å². The first kappa shape index (κ1) is 19.5. The fourth-order valence-electron chi connectivity index (χ4n) is 2.92. The van der Waals surface area contributed by atoms with E-state index in [-0.39, 0.29) is 29.6 Å². The summed E-state index contributed by atoms with van der Waals surface area (Å²) in [5.74, 6) is -0.331. The second kappa shape index (κ2) is 8.19. The quantitative estimate of drug-likeness (QED) is 0.761. The standard InChI is InChI=1S/C20H24FN3O2S/c1-12-9-17(23-19(25)13-7-8-13)27-18(12)20(26)22-11-16(24(2)3)14-5-4-6-15(21)10-14/h4-6,9-10,13,16H,7-8,11H2,1-3H3,(H,22,26)(H,23,25)/t16-/m0/s1. The van der Waals surface area contributed by atoms with Gasteiger partial charge in [0.05, 0.1) is 15.9 Å². The van der Waals surface area contributed by atoms with Crippen LogP contribution in [-0.4, -0.2) is 37.4 Å². The van der Waals surface area contributed by atoms with Crippen molar-refractivity contribution in [3.05, 3.63) is 52.2 Å². The van der Waals surface area contributed by atoms with Crippen molar-refractivity contribution in [2.24, 2.45) is 5.92 Å². The van der Waals surface area contributed by atoms with Crippen LogP contribution in [0.1, 0.15) is 39.7 Å². The molecule has 0 saturated heterocycles. The Bertz CT molecular complexity index is 846. The highest BCUT2D eigenvalue weighted by Gasteiger charge is 2.30. The zero-order valence-corrected chi connectivity index (χ0v) is 16.5. The molecule has 0 bridgehead atoms. The minimum Gasteiger partial charge on any atom is -0.349 e. The molecule has 27 heavy (non-hydrogen) atoms. The molecule has 1 atom stereocenters. The monoisotopic (exact) mass is 389 g/mol. The van der Waals surface area contributed by atoms with Crippen LogP contribution in [0, 0.1) is 18.7 Å². The third-order valence-corrected chi connectivity index (χ3v) is 5.78. The maximum Gasteiger partial charge on any atom is 0.261 e. The molecule has 0 aliphatic heterocycles. The molecule has 3 rings (SSSR count). The van der Waals surface area contributed by atoms with E-state index in [1.807, 2.05) is 38.1 Å². The first-order valence-corrected chi connectivity index (χ1v) is 9.78. The molecule has 2 amide bonds. The molecule has 1 heterocycles. The number of nitrogens with zero attached hydrogens (tertiary/aromatic N) is 1. The molecule has 0 spiro atoms. The summed E-state index contributed by atoms with van der Waals surface area (Å²) >= 11 is 1.28. The van der Waals surface area contributed by atoms with Gasteiger partial charge in [0.25, 0.3) is 5.91 Å². The molecule has 1 aromatic carbocycles. The minimum absolute atomic E-state index is 0.0296. The van der Waals surface area contributed by atoms with E-state index in [1.54, 1.807) is 6.07 Å². The van der Waals surface area contributed by atoms with Gasteiger partial charge < -0.3 is 15.5 Å². The van der Waals surface area contributed by atoms with Gasteiger partial charge in [0.15, 0.2) is 0 Å². The van der Waals surface area contributed by atoms with E-state index in [2.05, 4.69) is 10.6 Å². The highest BCUT2D eigenvalue weighted by Crippen LogP contribution is 2.32. The van der Waals surface area contributed by atoms with Gasteiger partial charge in [0, 0.05) is 12.5 Å². The van der Waals surface area contributed by atoms with E-state index in [1.165, 1.54) is 23.5 Å². The lowest BCUT2D eigenvalue weighted by Gasteiger charge is -2.25. The lowest BCUT2D eigenvalue weighted by atomic mass is 10.1. The van der Waals surface area contributed by atoms with Crippen molar-refractivity contribution in [2.75, 3.05) is 26.0 Å². The molecule has 1 fully saturated rings. The highest BCUT2D eigenvalue weighted by atomic mass is 32.1. The SMILES string of the molecule is Cc1cc(NC(=O)C2CC2)sc1C(=O)NC[C@@H](c1cccc(F)c1)N(C)C. The number of likely N-dealkylation sites (N-methyl/N-ethyl adjacent to an activating group) is 1. The third-order valence-electron chi connectivity index (χ3n) is 4.63. The smallest absolute Gasteiger partial charge is 0.261 e. The van der Waals surface area contributed by atoms with Crippen molar-refractivity contribution in [3.8, 4) is 0 Å². The fourth-order valence-corrected chi connectivity index (χ4v) is 3.91. The van der Waals surface area contributed by atoms with Gasteiger partial charge in [-0.3, -0.25) is 9.59 Å². The van der Waals surface area contributed by atoms with Crippen LogP contribution in [0.4, 0.5) is 9.39 Å². The molecular weight excluding hydrogens is 365 g/mol. The van der Waals surface area contributed by atoms with Gasteiger partial charge in [0.2, 0.25) is 5.91 Å². The molecule has 1 aliphatic carbocycles. The Labute approximate surface area is 162 Å². The lowest BCUT2D eigenvalue weighted by molar-refractivity contribution is -0.117. The zero-order chi connectivity index (χ0) is 19.6. The molecule has 1 saturated carbocycles. The molecule has 2 N–H and O–H groups in total. The maximum atomic E-state index is 13.5. The summed E-state index contributed by atoms with van der Waals surface area (Å²) in [6.07, 6.45) is 1.88. The number of hydrogen-bond acceptors (Lipinski definition) is 4. The summed E-state index contributed by atoms with van der Waals surface area (Å²) in [4.78, 5) is 27.1. The molecule has 5 nitrogen and oxygen atoms in total.